The molecule has 0 aliphatic rings. The third-order valence-corrected chi connectivity index (χ3v) is 2.74. The summed E-state index contributed by atoms with van der Waals surface area (Å²) in [5.41, 5.74) is 3.99. The van der Waals surface area contributed by atoms with Gasteiger partial charge in [-0.15, -0.1) is 0 Å². The molecule has 0 spiro atoms. The summed E-state index contributed by atoms with van der Waals surface area (Å²) >= 11 is 0. The van der Waals surface area contributed by atoms with Gasteiger partial charge >= 0.3 is 0 Å². The van der Waals surface area contributed by atoms with Crippen LogP contribution in [0.25, 0.3) is 10.9 Å². The number of hydrogen-bond donors (Lipinski definition) is 1. The molecule has 2 aromatic rings. The third-order valence-electron chi connectivity index (χ3n) is 2.74. The van der Waals surface area contributed by atoms with Gasteiger partial charge in [0.25, 0.3) is 0 Å². The van der Waals surface area contributed by atoms with E-state index in [0.717, 1.165) is 6.42 Å². The van der Waals surface area contributed by atoms with Crippen molar-refractivity contribution in [2.75, 3.05) is 0 Å². The number of fused-ring (bicyclic) bond motifs is 1. The zero-order chi connectivity index (χ0) is 12.1. The lowest BCUT2D eigenvalue weighted by atomic mass is 10.1. The first kappa shape index (κ1) is 12.8. The van der Waals surface area contributed by atoms with Crippen molar-refractivity contribution in [3.05, 3.63) is 35.5 Å². The first-order chi connectivity index (χ1) is 7.70. The van der Waals surface area contributed by atoms with Crippen LogP contribution in [0.2, 0.25) is 0 Å². The maximum absolute atomic E-state index is 3.45. The van der Waals surface area contributed by atoms with E-state index in [4.69, 9.17) is 0 Å². The molecule has 1 heteroatoms. The fourth-order valence-corrected chi connectivity index (χ4v) is 1.74. The Hall–Kier alpha value is -1.24. The average Bonchev–Trinajstić information content (AvgIpc) is 2.74. The second-order valence-electron chi connectivity index (χ2n) is 4.15. The number of H-pyrrole nitrogens is 1. The lowest BCUT2D eigenvalue weighted by molar-refractivity contribution is 0.836. The van der Waals surface area contributed by atoms with Crippen molar-refractivity contribution < 1.29 is 0 Å². The van der Waals surface area contributed by atoms with Gasteiger partial charge in [-0.05, 0) is 41.5 Å². The second kappa shape index (κ2) is 5.74. The molecule has 1 N–H and O–H groups in total. The summed E-state index contributed by atoms with van der Waals surface area (Å²) in [5.74, 6) is 0.576. The SMILES string of the molecule is CC.CCc1ccc2[nH]c(C(C)C)cc2c1. The maximum atomic E-state index is 3.45. The molecule has 1 nitrogen and oxygen atoms in total. The molecule has 1 heterocycles. The van der Waals surface area contributed by atoms with Crippen LogP contribution >= 0.6 is 0 Å². The van der Waals surface area contributed by atoms with Crippen molar-refractivity contribution in [3.8, 4) is 0 Å². The molecule has 1 aromatic heterocycles. The van der Waals surface area contributed by atoms with Crippen LogP contribution in [-0.2, 0) is 6.42 Å². The van der Waals surface area contributed by atoms with Crippen molar-refractivity contribution in [2.24, 2.45) is 0 Å². The van der Waals surface area contributed by atoms with E-state index >= 15 is 0 Å². The van der Waals surface area contributed by atoms with E-state index in [1.165, 1.54) is 22.2 Å². The van der Waals surface area contributed by atoms with E-state index in [9.17, 15) is 0 Å². The molecule has 0 amide bonds. The van der Waals surface area contributed by atoms with Crippen LogP contribution < -0.4 is 0 Å². The zero-order valence-electron chi connectivity index (χ0n) is 11.1. The Morgan fingerprint density at radius 2 is 1.81 bits per heavy atom. The highest BCUT2D eigenvalue weighted by Gasteiger charge is 2.04. The summed E-state index contributed by atoms with van der Waals surface area (Å²) in [6.07, 6.45) is 1.11. The molecule has 16 heavy (non-hydrogen) atoms. The lowest BCUT2D eigenvalue weighted by Gasteiger charge is -1.97. The molecule has 88 valence electrons. The minimum Gasteiger partial charge on any atom is -0.358 e. The van der Waals surface area contributed by atoms with Crippen LogP contribution in [-0.4, -0.2) is 4.98 Å². The Morgan fingerprint density at radius 1 is 1.12 bits per heavy atom. The summed E-state index contributed by atoms with van der Waals surface area (Å²) < 4.78 is 0. The molecule has 0 saturated heterocycles. The van der Waals surface area contributed by atoms with E-state index in [1.54, 1.807) is 0 Å². The number of aromatic nitrogens is 1. The van der Waals surface area contributed by atoms with E-state index in [0.29, 0.717) is 5.92 Å². The molecular formula is C15H23N. The molecule has 1 aromatic carbocycles. The highest BCUT2D eigenvalue weighted by Crippen LogP contribution is 2.22. The fourth-order valence-electron chi connectivity index (χ4n) is 1.74. The van der Waals surface area contributed by atoms with Crippen LogP contribution in [0, 0.1) is 0 Å². The summed E-state index contributed by atoms with van der Waals surface area (Å²) in [4.78, 5) is 3.45. The summed E-state index contributed by atoms with van der Waals surface area (Å²) in [6, 6.07) is 8.92. The molecule has 0 radical (unpaired) electrons. The van der Waals surface area contributed by atoms with Crippen LogP contribution in [0.4, 0.5) is 0 Å². The van der Waals surface area contributed by atoms with Gasteiger partial charge in [0.1, 0.15) is 0 Å². The van der Waals surface area contributed by atoms with Crippen molar-refractivity contribution in [2.45, 2.75) is 47.0 Å². The Morgan fingerprint density at radius 3 is 2.38 bits per heavy atom. The van der Waals surface area contributed by atoms with Crippen LogP contribution in [0.5, 0.6) is 0 Å². The molecule has 0 fully saturated rings. The number of aromatic amines is 1. The second-order valence-corrected chi connectivity index (χ2v) is 4.15. The smallest absolute Gasteiger partial charge is 0.0456 e. The highest BCUT2D eigenvalue weighted by atomic mass is 14.7. The lowest BCUT2D eigenvalue weighted by Crippen LogP contribution is -1.84. The van der Waals surface area contributed by atoms with Gasteiger partial charge in [0.05, 0.1) is 0 Å². The molecule has 2 rings (SSSR count). The normalized spacial score (nSPS) is 10.4. The molecule has 0 unspecified atom stereocenters. The Kier molecular flexibility index (Phi) is 4.60. The summed E-state index contributed by atoms with van der Waals surface area (Å²) in [6.45, 7) is 10.6. The topological polar surface area (TPSA) is 15.8 Å². The van der Waals surface area contributed by atoms with Gasteiger partial charge in [-0.1, -0.05) is 40.7 Å². The molecule has 0 bridgehead atoms. The van der Waals surface area contributed by atoms with Crippen LogP contribution in [0.15, 0.2) is 24.3 Å². The van der Waals surface area contributed by atoms with E-state index < -0.39 is 0 Å². The minimum atomic E-state index is 0.576. The van der Waals surface area contributed by atoms with Gasteiger partial charge in [0, 0.05) is 11.2 Å². The van der Waals surface area contributed by atoms with Crippen molar-refractivity contribution in [3.63, 3.8) is 0 Å². The third kappa shape index (κ3) is 2.66. The number of hydrogen-bond acceptors (Lipinski definition) is 0. The molecule has 0 atom stereocenters. The van der Waals surface area contributed by atoms with Crippen molar-refractivity contribution >= 4 is 10.9 Å². The summed E-state index contributed by atoms with van der Waals surface area (Å²) in [5, 5.41) is 1.34. The monoisotopic (exact) mass is 217 g/mol. The molecular weight excluding hydrogens is 194 g/mol. The number of benzene rings is 1. The quantitative estimate of drug-likeness (QED) is 0.738. The zero-order valence-corrected chi connectivity index (χ0v) is 11.1. The van der Waals surface area contributed by atoms with Gasteiger partial charge in [0.15, 0.2) is 0 Å². The number of rotatable bonds is 2. The highest BCUT2D eigenvalue weighted by molar-refractivity contribution is 5.81. The fraction of sp³-hybridized carbons (Fsp3) is 0.467. The van der Waals surface area contributed by atoms with Crippen molar-refractivity contribution in [1.29, 1.82) is 0 Å². The Bertz CT molecular complexity index is 438. The minimum absolute atomic E-state index is 0.576. The van der Waals surface area contributed by atoms with Crippen molar-refractivity contribution in [1.82, 2.24) is 4.98 Å². The average molecular weight is 217 g/mol. The molecule has 0 aliphatic carbocycles. The number of nitrogens with one attached hydrogen (secondary N) is 1. The predicted molar refractivity (Wildman–Crippen MR) is 73.1 cm³/mol. The van der Waals surface area contributed by atoms with E-state index in [2.05, 4.69) is 50.0 Å². The largest absolute Gasteiger partial charge is 0.358 e. The number of aryl methyl sites for hydroxylation is 1. The Labute approximate surface area is 98.9 Å². The first-order valence-corrected chi connectivity index (χ1v) is 6.32. The van der Waals surface area contributed by atoms with Gasteiger partial charge in [0.2, 0.25) is 0 Å². The van der Waals surface area contributed by atoms with Gasteiger partial charge in [-0.3, -0.25) is 0 Å². The Balaban J connectivity index is 0.000000606. The van der Waals surface area contributed by atoms with Crippen LogP contribution in [0.1, 0.15) is 51.8 Å². The first-order valence-electron chi connectivity index (χ1n) is 6.32. The molecule has 0 saturated carbocycles. The summed E-state index contributed by atoms with van der Waals surface area (Å²) in [7, 11) is 0. The molecule has 0 aliphatic heterocycles. The van der Waals surface area contributed by atoms with Gasteiger partial charge in [-0.25, -0.2) is 0 Å². The van der Waals surface area contributed by atoms with Gasteiger partial charge in [-0.2, -0.15) is 0 Å². The van der Waals surface area contributed by atoms with E-state index in [-0.39, 0.29) is 0 Å². The standard InChI is InChI=1S/C13H17N.C2H6/c1-4-10-5-6-12-11(7-10)8-13(14-12)9(2)3;1-2/h5-9,14H,4H2,1-3H3;1-2H3. The maximum Gasteiger partial charge on any atom is 0.0456 e. The van der Waals surface area contributed by atoms with E-state index in [1.807, 2.05) is 13.8 Å². The predicted octanol–water partition coefficient (Wildman–Crippen LogP) is 4.88. The van der Waals surface area contributed by atoms with Crippen LogP contribution in [0.3, 0.4) is 0 Å². The van der Waals surface area contributed by atoms with Gasteiger partial charge < -0.3 is 4.98 Å².